The highest BCUT2D eigenvalue weighted by atomic mass is 35.5. The first-order valence-electron chi connectivity index (χ1n) is 13.1. The molecule has 0 aromatic heterocycles. The Balaban J connectivity index is 2.09. The average molecular weight is 584 g/mol. The van der Waals surface area contributed by atoms with Gasteiger partial charge in [0.15, 0.2) is 0 Å². The van der Waals surface area contributed by atoms with Crippen LogP contribution in [0.2, 0.25) is 5.02 Å². The second-order valence-electron chi connectivity index (χ2n) is 11.2. The number of benzene rings is 3. The number of hydrogen-bond acceptors (Lipinski definition) is 4. The maximum absolute atomic E-state index is 14.1. The fourth-order valence-electron chi connectivity index (χ4n) is 4.55. The summed E-state index contributed by atoms with van der Waals surface area (Å²) in [7, 11) is -3.83. The summed E-state index contributed by atoms with van der Waals surface area (Å²) in [6.07, 6.45) is 1.32. The van der Waals surface area contributed by atoms with Crippen molar-refractivity contribution in [3.63, 3.8) is 0 Å². The van der Waals surface area contributed by atoms with E-state index in [9.17, 15) is 18.0 Å². The first kappa shape index (κ1) is 31.2. The van der Waals surface area contributed by atoms with Gasteiger partial charge < -0.3 is 10.2 Å². The Kier molecular flexibility index (Phi) is 10.0. The third-order valence-corrected chi connectivity index (χ3v) is 7.56. The number of carbonyl (C=O) groups excluding carboxylic acids is 2. The minimum Gasteiger partial charge on any atom is -0.350 e. The molecule has 3 aromatic carbocycles. The summed E-state index contributed by atoms with van der Waals surface area (Å²) >= 11 is 6.25. The van der Waals surface area contributed by atoms with Crippen LogP contribution in [-0.2, 0) is 32.6 Å². The molecule has 2 amide bonds. The molecule has 0 bridgehead atoms. The Hall–Kier alpha value is -3.36. The van der Waals surface area contributed by atoms with Crippen molar-refractivity contribution in [2.45, 2.75) is 59.2 Å². The lowest BCUT2D eigenvalue weighted by Crippen LogP contribution is -2.56. The van der Waals surface area contributed by atoms with Crippen LogP contribution in [0.5, 0.6) is 0 Å². The quantitative estimate of drug-likeness (QED) is 0.352. The molecule has 0 aliphatic heterocycles. The molecule has 0 unspecified atom stereocenters. The fraction of sp³-hybridized carbons (Fsp3) is 0.355. The van der Waals surface area contributed by atoms with Crippen molar-refractivity contribution in [3.05, 3.63) is 100 Å². The first-order valence-corrected chi connectivity index (χ1v) is 15.3. The van der Waals surface area contributed by atoms with E-state index >= 15 is 0 Å². The van der Waals surface area contributed by atoms with Gasteiger partial charge in [0.25, 0.3) is 0 Å². The summed E-state index contributed by atoms with van der Waals surface area (Å²) < 4.78 is 27.0. The number of hydrogen-bond donors (Lipinski definition) is 1. The zero-order valence-corrected chi connectivity index (χ0v) is 25.5. The van der Waals surface area contributed by atoms with Gasteiger partial charge in [-0.1, -0.05) is 60.1 Å². The van der Waals surface area contributed by atoms with Gasteiger partial charge in [-0.2, -0.15) is 0 Å². The normalized spacial score (nSPS) is 12.5. The van der Waals surface area contributed by atoms with Crippen LogP contribution in [0.25, 0.3) is 0 Å². The first-order chi connectivity index (χ1) is 18.6. The van der Waals surface area contributed by atoms with E-state index in [1.54, 1.807) is 30.3 Å². The molecule has 40 heavy (non-hydrogen) atoms. The summed E-state index contributed by atoms with van der Waals surface area (Å²) in [6, 6.07) is 21.0. The number of amides is 2. The Morgan fingerprint density at radius 3 is 2.05 bits per heavy atom. The zero-order valence-electron chi connectivity index (χ0n) is 23.9. The number of carbonyl (C=O) groups is 2. The number of halogens is 1. The van der Waals surface area contributed by atoms with Crippen LogP contribution in [0.3, 0.4) is 0 Å². The van der Waals surface area contributed by atoms with E-state index in [0.29, 0.717) is 10.7 Å². The van der Waals surface area contributed by atoms with Gasteiger partial charge in [-0.25, -0.2) is 8.42 Å². The number of rotatable bonds is 10. The molecule has 1 N–H and O–H groups in total. The molecular weight excluding hydrogens is 546 g/mol. The molecule has 214 valence electrons. The predicted octanol–water partition coefficient (Wildman–Crippen LogP) is 5.28. The third-order valence-electron chi connectivity index (χ3n) is 6.18. The van der Waals surface area contributed by atoms with Crippen molar-refractivity contribution in [3.8, 4) is 0 Å². The molecular formula is C31H38ClN3O4S. The summed E-state index contributed by atoms with van der Waals surface area (Å²) in [5.74, 6) is -0.835. The van der Waals surface area contributed by atoms with Crippen LogP contribution in [0.1, 0.15) is 43.0 Å². The highest BCUT2D eigenvalue weighted by Crippen LogP contribution is 2.23. The van der Waals surface area contributed by atoms with Crippen molar-refractivity contribution >= 4 is 39.1 Å². The molecule has 3 aromatic rings. The second kappa shape index (κ2) is 12.9. The van der Waals surface area contributed by atoms with Gasteiger partial charge in [-0.15, -0.1) is 0 Å². The van der Waals surface area contributed by atoms with E-state index in [2.05, 4.69) is 5.32 Å². The molecule has 0 saturated heterocycles. The highest BCUT2D eigenvalue weighted by molar-refractivity contribution is 7.92. The van der Waals surface area contributed by atoms with Crippen molar-refractivity contribution in [1.29, 1.82) is 0 Å². The molecule has 0 spiro atoms. The lowest BCUT2D eigenvalue weighted by molar-refractivity contribution is -0.140. The van der Waals surface area contributed by atoms with Crippen LogP contribution >= 0.6 is 11.6 Å². The summed E-state index contributed by atoms with van der Waals surface area (Å²) in [4.78, 5) is 29.3. The van der Waals surface area contributed by atoms with Crippen LogP contribution < -0.4 is 9.62 Å². The summed E-state index contributed by atoms with van der Waals surface area (Å²) in [5.41, 5.74) is 3.19. The Bertz CT molecular complexity index is 1430. The number of anilines is 1. The van der Waals surface area contributed by atoms with E-state index in [0.717, 1.165) is 32.8 Å². The minimum atomic E-state index is -3.83. The average Bonchev–Trinajstić information content (AvgIpc) is 2.82. The molecule has 0 aliphatic carbocycles. The zero-order chi connectivity index (χ0) is 29.7. The predicted molar refractivity (Wildman–Crippen MR) is 162 cm³/mol. The van der Waals surface area contributed by atoms with E-state index < -0.39 is 34.1 Å². The van der Waals surface area contributed by atoms with Crippen molar-refractivity contribution in [2.24, 2.45) is 0 Å². The standard InChI is InChI=1S/C31H38ClN3O4S/c1-22-15-23(2)17-27(16-22)35(40(6,38)39)21-29(36)34(20-25-13-10-14-26(32)18-25)28(30(37)33-31(3,4)5)19-24-11-8-7-9-12-24/h7-18,28H,19-21H2,1-6H3,(H,33,37)/t28-/m1/s1. The Morgan fingerprint density at radius 1 is 0.900 bits per heavy atom. The van der Waals surface area contributed by atoms with Crippen LogP contribution in [0, 0.1) is 13.8 Å². The minimum absolute atomic E-state index is 0.0684. The van der Waals surface area contributed by atoms with Gasteiger partial charge in [-0.05, 0) is 81.1 Å². The molecule has 0 fully saturated rings. The molecule has 7 nitrogen and oxygen atoms in total. The highest BCUT2D eigenvalue weighted by Gasteiger charge is 2.34. The van der Waals surface area contributed by atoms with Crippen LogP contribution in [0.15, 0.2) is 72.8 Å². The summed E-state index contributed by atoms with van der Waals surface area (Å²) in [5, 5.41) is 3.51. The van der Waals surface area contributed by atoms with Crippen molar-refractivity contribution in [2.75, 3.05) is 17.1 Å². The maximum atomic E-state index is 14.1. The molecule has 1 atom stereocenters. The monoisotopic (exact) mass is 583 g/mol. The molecule has 0 radical (unpaired) electrons. The molecule has 0 heterocycles. The molecule has 9 heteroatoms. The summed E-state index contributed by atoms with van der Waals surface area (Å²) in [6.45, 7) is 8.97. The van der Waals surface area contributed by atoms with E-state index in [1.807, 2.05) is 77.1 Å². The van der Waals surface area contributed by atoms with Gasteiger partial charge in [-0.3, -0.25) is 13.9 Å². The Labute approximate surface area is 243 Å². The van der Waals surface area contributed by atoms with E-state index in [4.69, 9.17) is 11.6 Å². The largest absolute Gasteiger partial charge is 0.350 e. The number of nitrogens with one attached hydrogen (secondary N) is 1. The molecule has 0 saturated carbocycles. The van der Waals surface area contributed by atoms with Crippen LogP contribution in [0.4, 0.5) is 5.69 Å². The van der Waals surface area contributed by atoms with Gasteiger partial charge in [0, 0.05) is 23.5 Å². The fourth-order valence-corrected chi connectivity index (χ4v) is 5.59. The van der Waals surface area contributed by atoms with E-state index in [1.165, 1.54) is 4.90 Å². The SMILES string of the molecule is Cc1cc(C)cc(N(CC(=O)N(Cc2cccc(Cl)c2)[C@H](Cc2ccccc2)C(=O)NC(C)(C)C)S(C)(=O)=O)c1. The van der Waals surface area contributed by atoms with Gasteiger partial charge in [0.05, 0.1) is 11.9 Å². The van der Waals surface area contributed by atoms with Gasteiger partial charge >= 0.3 is 0 Å². The molecule has 0 aliphatic rings. The Morgan fingerprint density at radius 2 is 1.50 bits per heavy atom. The lowest BCUT2D eigenvalue weighted by atomic mass is 10.0. The lowest BCUT2D eigenvalue weighted by Gasteiger charge is -2.35. The van der Waals surface area contributed by atoms with Crippen molar-refractivity contribution in [1.82, 2.24) is 10.2 Å². The third kappa shape index (κ3) is 9.10. The number of sulfonamides is 1. The molecule has 3 rings (SSSR count). The number of nitrogens with zero attached hydrogens (tertiary/aromatic N) is 2. The number of aryl methyl sites for hydroxylation is 2. The van der Waals surface area contributed by atoms with Crippen molar-refractivity contribution < 1.29 is 18.0 Å². The maximum Gasteiger partial charge on any atom is 0.244 e. The van der Waals surface area contributed by atoms with E-state index in [-0.39, 0.29) is 18.9 Å². The smallest absolute Gasteiger partial charge is 0.244 e. The van der Waals surface area contributed by atoms with Crippen LogP contribution in [-0.4, -0.2) is 49.5 Å². The topological polar surface area (TPSA) is 86.8 Å². The second-order valence-corrected chi connectivity index (χ2v) is 13.6. The van der Waals surface area contributed by atoms with Gasteiger partial charge in [0.2, 0.25) is 21.8 Å². The van der Waals surface area contributed by atoms with Gasteiger partial charge in [0.1, 0.15) is 12.6 Å².